The molecule has 4 saturated carbocycles. The van der Waals surface area contributed by atoms with E-state index in [1.54, 1.807) is 4.90 Å². The lowest BCUT2D eigenvalue weighted by molar-refractivity contribution is -0.160. The fraction of sp³-hybridized carbons (Fsp3) is 0.667. The largest absolute Gasteiger partial charge is 0.416 e. The molecule has 5 aliphatic rings. The minimum absolute atomic E-state index is 0.0844. The summed E-state index contributed by atoms with van der Waals surface area (Å²) in [7, 11) is 0. The first kappa shape index (κ1) is 20.8. The summed E-state index contributed by atoms with van der Waals surface area (Å²) in [6.07, 6.45) is 2.76. The SMILES string of the molecule is O=C(Cc1ccc(C(F)(F)F)cc1)N1CCN(C(=O)C23CC4CC(CC(C4)C2)C3)CC1. The third kappa shape index (κ3) is 3.96. The summed E-state index contributed by atoms with van der Waals surface area (Å²) in [5.74, 6) is 2.38. The van der Waals surface area contributed by atoms with Crippen LogP contribution in [0.4, 0.5) is 13.2 Å². The minimum Gasteiger partial charge on any atom is -0.339 e. The first-order chi connectivity index (χ1) is 14.7. The van der Waals surface area contributed by atoms with Crippen LogP contribution in [0.15, 0.2) is 24.3 Å². The predicted octanol–water partition coefficient (Wildman–Crippen LogP) is 4.14. The average Bonchev–Trinajstić information content (AvgIpc) is 2.72. The van der Waals surface area contributed by atoms with Crippen molar-refractivity contribution < 1.29 is 22.8 Å². The maximum Gasteiger partial charge on any atom is 0.416 e. The van der Waals surface area contributed by atoms with E-state index in [9.17, 15) is 22.8 Å². The Morgan fingerprint density at radius 3 is 1.81 bits per heavy atom. The second-order valence-electron chi connectivity index (χ2n) is 10.2. The number of carbonyl (C=O) groups is 2. The Kier molecular flexibility index (Phi) is 5.05. The normalized spacial score (nSPS) is 32.4. The van der Waals surface area contributed by atoms with E-state index in [2.05, 4.69) is 0 Å². The van der Waals surface area contributed by atoms with Gasteiger partial charge in [0, 0.05) is 26.2 Å². The highest BCUT2D eigenvalue weighted by molar-refractivity contribution is 5.84. The van der Waals surface area contributed by atoms with Gasteiger partial charge in [0.1, 0.15) is 0 Å². The molecule has 1 aromatic carbocycles. The van der Waals surface area contributed by atoms with Gasteiger partial charge in [-0.2, -0.15) is 13.2 Å². The summed E-state index contributed by atoms with van der Waals surface area (Å²) in [5.41, 5.74) is -0.285. The van der Waals surface area contributed by atoms with Crippen LogP contribution >= 0.6 is 0 Å². The molecule has 2 amide bonds. The number of rotatable bonds is 3. The first-order valence-corrected chi connectivity index (χ1v) is 11.5. The third-order valence-electron chi connectivity index (χ3n) is 8.05. The van der Waals surface area contributed by atoms with Gasteiger partial charge in [-0.1, -0.05) is 12.1 Å². The van der Waals surface area contributed by atoms with Gasteiger partial charge in [-0.25, -0.2) is 0 Å². The van der Waals surface area contributed by atoms with Crippen LogP contribution in [0.2, 0.25) is 0 Å². The number of amides is 2. The van der Waals surface area contributed by atoms with Crippen molar-refractivity contribution in [2.45, 2.75) is 51.1 Å². The summed E-state index contributed by atoms with van der Waals surface area (Å²) in [4.78, 5) is 29.8. The Bertz CT molecular complexity index is 821. The van der Waals surface area contributed by atoms with Crippen molar-refractivity contribution in [1.29, 1.82) is 0 Å². The van der Waals surface area contributed by atoms with E-state index in [0.717, 1.165) is 49.1 Å². The fourth-order valence-corrected chi connectivity index (χ4v) is 6.96. The Balaban J connectivity index is 1.16. The lowest BCUT2D eigenvalue weighted by Crippen LogP contribution is -2.58. The quantitative estimate of drug-likeness (QED) is 0.718. The zero-order valence-electron chi connectivity index (χ0n) is 17.7. The van der Waals surface area contributed by atoms with Crippen molar-refractivity contribution in [3.63, 3.8) is 0 Å². The van der Waals surface area contributed by atoms with Crippen LogP contribution in [0.5, 0.6) is 0 Å². The van der Waals surface area contributed by atoms with Gasteiger partial charge in [0.05, 0.1) is 17.4 Å². The Labute approximate surface area is 180 Å². The van der Waals surface area contributed by atoms with Gasteiger partial charge in [0.15, 0.2) is 0 Å². The van der Waals surface area contributed by atoms with E-state index in [1.165, 1.54) is 31.4 Å². The van der Waals surface area contributed by atoms with Gasteiger partial charge in [-0.15, -0.1) is 0 Å². The van der Waals surface area contributed by atoms with E-state index >= 15 is 0 Å². The Hall–Kier alpha value is -2.05. The first-order valence-electron chi connectivity index (χ1n) is 11.5. The number of halogens is 3. The van der Waals surface area contributed by atoms with E-state index in [0.29, 0.717) is 37.6 Å². The molecular weight excluding hydrogens is 405 g/mol. The molecule has 4 aliphatic carbocycles. The number of piperazine rings is 1. The van der Waals surface area contributed by atoms with Gasteiger partial charge in [0.2, 0.25) is 11.8 Å². The lowest BCUT2D eigenvalue weighted by Gasteiger charge is -2.57. The lowest BCUT2D eigenvalue weighted by atomic mass is 9.49. The number of hydrogen-bond acceptors (Lipinski definition) is 2. The Morgan fingerprint density at radius 2 is 1.32 bits per heavy atom. The molecule has 1 heterocycles. The minimum atomic E-state index is -4.37. The molecule has 0 radical (unpaired) electrons. The molecule has 4 nitrogen and oxygen atoms in total. The van der Waals surface area contributed by atoms with Crippen molar-refractivity contribution in [1.82, 2.24) is 9.80 Å². The highest BCUT2D eigenvalue weighted by Crippen LogP contribution is 2.60. The van der Waals surface area contributed by atoms with Gasteiger partial charge in [-0.05, 0) is 74.0 Å². The standard InChI is InChI=1S/C24H29F3N2O2/c25-24(26,27)20-3-1-16(2-4-20)12-21(30)28-5-7-29(8-6-28)22(31)23-13-17-9-18(14-23)11-19(10-17)15-23/h1-4,17-19H,5-15H2. The molecule has 1 aromatic rings. The molecule has 0 spiro atoms. The molecule has 31 heavy (non-hydrogen) atoms. The van der Waals surface area contributed by atoms with Crippen LogP contribution in [-0.4, -0.2) is 47.8 Å². The van der Waals surface area contributed by atoms with Crippen molar-refractivity contribution in [2.24, 2.45) is 23.2 Å². The zero-order valence-corrected chi connectivity index (χ0v) is 17.7. The van der Waals surface area contributed by atoms with Crippen LogP contribution in [0.1, 0.15) is 49.7 Å². The van der Waals surface area contributed by atoms with E-state index in [4.69, 9.17) is 0 Å². The van der Waals surface area contributed by atoms with Crippen LogP contribution in [-0.2, 0) is 22.2 Å². The summed E-state index contributed by atoms with van der Waals surface area (Å²) in [6, 6.07) is 4.77. The second-order valence-corrected chi connectivity index (χ2v) is 10.2. The average molecular weight is 435 g/mol. The highest BCUT2D eigenvalue weighted by Gasteiger charge is 2.55. The van der Waals surface area contributed by atoms with Gasteiger partial charge >= 0.3 is 6.18 Å². The number of alkyl halides is 3. The zero-order chi connectivity index (χ0) is 21.8. The monoisotopic (exact) mass is 434 g/mol. The number of carbonyl (C=O) groups excluding carboxylic acids is 2. The van der Waals surface area contributed by atoms with Gasteiger partial charge in [-0.3, -0.25) is 9.59 Å². The van der Waals surface area contributed by atoms with Crippen molar-refractivity contribution >= 4 is 11.8 Å². The molecule has 0 aromatic heterocycles. The maximum atomic E-state index is 13.5. The van der Waals surface area contributed by atoms with Crippen molar-refractivity contribution in [3.05, 3.63) is 35.4 Å². The third-order valence-corrected chi connectivity index (χ3v) is 8.05. The van der Waals surface area contributed by atoms with E-state index in [1.807, 2.05) is 4.90 Å². The number of nitrogens with zero attached hydrogens (tertiary/aromatic N) is 2. The molecular formula is C24H29F3N2O2. The summed E-state index contributed by atoms with van der Waals surface area (Å²) < 4.78 is 38.1. The Morgan fingerprint density at radius 1 is 0.839 bits per heavy atom. The van der Waals surface area contributed by atoms with E-state index < -0.39 is 11.7 Å². The second kappa shape index (κ2) is 7.52. The molecule has 6 rings (SSSR count). The van der Waals surface area contributed by atoms with Gasteiger partial charge < -0.3 is 9.80 Å². The molecule has 4 bridgehead atoms. The topological polar surface area (TPSA) is 40.6 Å². The summed E-state index contributed by atoms with van der Waals surface area (Å²) in [6.45, 7) is 2.10. The van der Waals surface area contributed by atoms with Crippen LogP contribution in [0.25, 0.3) is 0 Å². The summed E-state index contributed by atoms with van der Waals surface area (Å²) in [5, 5.41) is 0. The predicted molar refractivity (Wildman–Crippen MR) is 109 cm³/mol. The van der Waals surface area contributed by atoms with E-state index in [-0.39, 0.29) is 17.7 Å². The van der Waals surface area contributed by atoms with Crippen LogP contribution in [0, 0.1) is 23.2 Å². The molecule has 0 atom stereocenters. The molecule has 168 valence electrons. The molecule has 1 saturated heterocycles. The molecule has 0 N–H and O–H groups in total. The summed E-state index contributed by atoms with van der Waals surface area (Å²) >= 11 is 0. The molecule has 1 aliphatic heterocycles. The maximum absolute atomic E-state index is 13.5. The highest BCUT2D eigenvalue weighted by atomic mass is 19.4. The van der Waals surface area contributed by atoms with Crippen molar-refractivity contribution in [3.8, 4) is 0 Å². The molecule has 7 heteroatoms. The molecule has 0 unspecified atom stereocenters. The number of benzene rings is 1. The molecule has 5 fully saturated rings. The number of hydrogen-bond donors (Lipinski definition) is 0. The van der Waals surface area contributed by atoms with Crippen molar-refractivity contribution in [2.75, 3.05) is 26.2 Å². The van der Waals surface area contributed by atoms with Crippen LogP contribution < -0.4 is 0 Å². The smallest absolute Gasteiger partial charge is 0.339 e. The van der Waals surface area contributed by atoms with Gasteiger partial charge in [0.25, 0.3) is 0 Å². The van der Waals surface area contributed by atoms with Crippen LogP contribution in [0.3, 0.4) is 0 Å². The fourth-order valence-electron chi connectivity index (χ4n) is 6.96.